The highest BCUT2D eigenvalue weighted by molar-refractivity contribution is 7.99. The number of aromatic nitrogens is 4. The molecule has 4 heterocycles. The fourth-order valence-electron chi connectivity index (χ4n) is 3.47. The van der Waals surface area contributed by atoms with Crippen LogP contribution in [-0.4, -0.2) is 52.5 Å². The summed E-state index contributed by atoms with van der Waals surface area (Å²) in [5.74, 6) is 1.16. The van der Waals surface area contributed by atoms with Crippen molar-refractivity contribution in [1.29, 1.82) is 0 Å². The average Bonchev–Trinajstić information content (AvgIpc) is 2.99. The van der Waals surface area contributed by atoms with Crippen LogP contribution in [0.15, 0.2) is 28.4 Å². The maximum Gasteiger partial charge on any atom is 0.165 e. The molecule has 2 aliphatic heterocycles. The second kappa shape index (κ2) is 7.15. The number of rotatable bonds is 3. The lowest BCUT2D eigenvalue weighted by Gasteiger charge is -2.41. The molecule has 1 atom stereocenters. The van der Waals surface area contributed by atoms with E-state index in [1.54, 1.807) is 18.5 Å². The lowest BCUT2D eigenvalue weighted by molar-refractivity contribution is 0.131. The average molecular weight is 394 g/mol. The van der Waals surface area contributed by atoms with Crippen LogP contribution in [0, 0.1) is 5.41 Å². The summed E-state index contributed by atoms with van der Waals surface area (Å²) in [4.78, 5) is 12.0. The summed E-state index contributed by atoms with van der Waals surface area (Å²) in [6.07, 6.45) is 5.31. The van der Waals surface area contributed by atoms with E-state index in [9.17, 15) is 0 Å². The third-order valence-electron chi connectivity index (χ3n) is 5.16. The van der Waals surface area contributed by atoms with E-state index in [0.29, 0.717) is 22.6 Å². The van der Waals surface area contributed by atoms with Crippen LogP contribution >= 0.6 is 23.4 Å². The van der Waals surface area contributed by atoms with Gasteiger partial charge in [-0.1, -0.05) is 23.4 Å². The van der Waals surface area contributed by atoms with Crippen molar-refractivity contribution in [1.82, 2.24) is 20.2 Å². The molecule has 0 unspecified atom stereocenters. The first-order valence-electron chi connectivity index (χ1n) is 8.43. The Morgan fingerprint density at radius 3 is 2.81 bits per heavy atom. The molecule has 0 amide bonds. The number of piperidine rings is 1. The molecule has 10 heteroatoms. The first-order chi connectivity index (χ1) is 12.6. The van der Waals surface area contributed by atoms with Crippen molar-refractivity contribution in [2.75, 3.05) is 36.9 Å². The van der Waals surface area contributed by atoms with Gasteiger partial charge in [0.1, 0.15) is 10.8 Å². The summed E-state index contributed by atoms with van der Waals surface area (Å²) < 4.78 is 5.58. The van der Waals surface area contributed by atoms with Gasteiger partial charge in [-0.15, -0.1) is 5.10 Å². The molecular formula is C16H20ClN7OS. The molecule has 2 aromatic rings. The summed E-state index contributed by atoms with van der Waals surface area (Å²) in [5, 5.41) is 8.47. The highest BCUT2D eigenvalue weighted by Crippen LogP contribution is 2.40. The fraction of sp³-hybridized carbons (Fsp3) is 0.500. The van der Waals surface area contributed by atoms with Crippen LogP contribution in [0.4, 0.5) is 11.6 Å². The topological polar surface area (TPSA) is 116 Å². The number of ether oxygens (including phenoxy) is 1. The molecule has 2 aliphatic rings. The summed E-state index contributed by atoms with van der Waals surface area (Å²) >= 11 is 7.37. The molecule has 2 fully saturated rings. The third-order valence-corrected chi connectivity index (χ3v) is 6.60. The predicted octanol–water partition coefficient (Wildman–Crippen LogP) is 1.60. The molecule has 0 aromatic carbocycles. The van der Waals surface area contributed by atoms with Gasteiger partial charge in [0.05, 0.1) is 30.5 Å². The number of nitrogens with two attached hydrogens (primary N) is 2. The summed E-state index contributed by atoms with van der Waals surface area (Å²) in [5.41, 5.74) is 12.5. The largest absolute Gasteiger partial charge is 0.381 e. The summed E-state index contributed by atoms with van der Waals surface area (Å²) in [7, 11) is 0. The Morgan fingerprint density at radius 2 is 2.15 bits per heavy atom. The zero-order valence-corrected chi connectivity index (χ0v) is 15.7. The molecule has 0 radical (unpaired) electrons. The van der Waals surface area contributed by atoms with Gasteiger partial charge in [0.2, 0.25) is 0 Å². The van der Waals surface area contributed by atoms with Crippen molar-refractivity contribution in [3.05, 3.63) is 23.6 Å². The SMILES string of the molecule is Nc1nc(N2CCC3(CC2)COC[C@H]3N)cnc1Sc1ccnnc1Cl. The molecule has 4 N–H and O–H groups in total. The van der Waals surface area contributed by atoms with Crippen molar-refractivity contribution in [3.63, 3.8) is 0 Å². The van der Waals surface area contributed by atoms with Crippen LogP contribution in [0.1, 0.15) is 12.8 Å². The molecule has 26 heavy (non-hydrogen) atoms. The maximum atomic E-state index is 6.24. The first kappa shape index (κ1) is 17.7. The molecule has 2 aromatic heterocycles. The van der Waals surface area contributed by atoms with Crippen molar-refractivity contribution in [2.45, 2.75) is 28.8 Å². The second-order valence-corrected chi connectivity index (χ2v) is 8.07. The molecule has 0 aliphatic carbocycles. The zero-order chi connectivity index (χ0) is 18.1. The van der Waals surface area contributed by atoms with Gasteiger partial charge in [-0.2, -0.15) is 5.10 Å². The van der Waals surface area contributed by atoms with Crippen LogP contribution < -0.4 is 16.4 Å². The van der Waals surface area contributed by atoms with Gasteiger partial charge in [0, 0.05) is 24.5 Å². The van der Waals surface area contributed by atoms with Crippen molar-refractivity contribution in [2.24, 2.45) is 11.1 Å². The van der Waals surface area contributed by atoms with Crippen LogP contribution in [0.25, 0.3) is 0 Å². The van der Waals surface area contributed by atoms with Gasteiger partial charge in [-0.3, -0.25) is 0 Å². The van der Waals surface area contributed by atoms with Crippen molar-refractivity contribution < 1.29 is 4.74 Å². The van der Waals surface area contributed by atoms with Crippen LogP contribution in [0.5, 0.6) is 0 Å². The molecule has 4 rings (SSSR count). The Morgan fingerprint density at radius 1 is 1.35 bits per heavy atom. The van der Waals surface area contributed by atoms with Crippen molar-refractivity contribution >= 4 is 35.0 Å². The summed E-state index contributed by atoms with van der Waals surface area (Å²) in [6.45, 7) is 3.16. The molecule has 0 saturated carbocycles. The van der Waals surface area contributed by atoms with Gasteiger partial charge >= 0.3 is 0 Å². The minimum absolute atomic E-state index is 0.107. The second-order valence-electron chi connectivity index (χ2n) is 6.68. The van der Waals surface area contributed by atoms with E-state index >= 15 is 0 Å². The normalized spacial score (nSPS) is 22.1. The van der Waals surface area contributed by atoms with Crippen LogP contribution in [0.3, 0.4) is 0 Å². The fourth-order valence-corrected chi connectivity index (χ4v) is 4.41. The quantitative estimate of drug-likeness (QED) is 0.801. The lowest BCUT2D eigenvalue weighted by Crippen LogP contribution is -2.49. The highest BCUT2D eigenvalue weighted by Gasteiger charge is 2.44. The van der Waals surface area contributed by atoms with E-state index in [4.69, 9.17) is 27.8 Å². The lowest BCUT2D eigenvalue weighted by atomic mass is 9.75. The standard InChI is InChI=1S/C16H20ClN7OS/c17-13-10(1-4-21-23-13)26-15-14(19)22-12(7-20-15)24-5-2-16(3-6-24)9-25-8-11(16)18/h1,4,7,11H,2-3,5-6,8-9,18H2,(H2,19,22)/t11-/m1/s1. The van der Waals surface area contributed by atoms with E-state index in [2.05, 4.69) is 25.1 Å². The minimum Gasteiger partial charge on any atom is -0.381 e. The number of anilines is 2. The zero-order valence-electron chi connectivity index (χ0n) is 14.1. The smallest absolute Gasteiger partial charge is 0.165 e. The maximum absolute atomic E-state index is 6.24. The van der Waals surface area contributed by atoms with Gasteiger partial charge in [0.25, 0.3) is 0 Å². The number of halogens is 1. The van der Waals surface area contributed by atoms with Crippen molar-refractivity contribution in [3.8, 4) is 0 Å². The Bertz CT molecular complexity index is 800. The predicted molar refractivity (Wildman–Crippen MR) is 100 cm³/mol. The van der Waals surface area contributed by atoms with E-state index in [1.807, 2.05) is 0 Å². The molecule has 8 nitrogen and oxygen atoms in total. The Hall–Kier alpha value is -1.68. The Kier molecular flexibility index (Phi) is 4.87. The van der Waals surface area contributed by atoms with E-state index < -0.39 is 0 Å². The van der Waals surface area contributed by atoms with Gasteiger partial charge in [-0.25, -0.2) is 9.97 Å². The first-order valence-corrected chi connectivity index (χ1v) is 9.63. The molecule has 2 saturated heterocycles. The van der Waals surface area contributed by atoms with Gasteiger partial charge in [-0.05, 0) is 18.9 Å². The van der Waals surface area contributed by atoms with Gasteiger partial charge in [0.15, 0.2) is 11.0 Å². The van der Waals surface area contributed by atoms with E-state index in [0.717, 1.165) is 43.3 Å². The van der Waals surface area contributed by atoms with Crippen LogP contribution in [-0.2, 0) is 4.74 Å². The van der Waals surface area contributed by atoms with Gasteiger partial charge < -0.3 is 21.1 Å². The number of hydrogen-bond acceptors (Lipinski definition) is 9. The Balaban J connectivity index is 1.46. The molecule has 1 spiro atoms. The number of nitrogens with zero attached hydrogens (tertiary/aromatic N) is 5. The molecular weight excluding hydrogens is 374 g/mol. The third kappa shape index (κ3) is 3.32. The van der Waals surface area contributed by atoms with E-state index in [1.165, 1.54) is 11.8 Å². The molecule has 138 valence electrons. The Labute approximate surface area is 160 Å². The minimum atomic E-state index is 0.107. The van der Waals surface area contributed by atoms with E-state index in [-0.39, 0.29) is 11.5 Å². The monoisotopic (exact) mass is 393 g/mol. The number of hydrogen-bond donors (Lipinski definition) is 2. The van der Waals surface area contributed by atoms with Crippen LogP contribution in [0.2, 0.25) is 5.15 Å². The molecule has 0 bridgehead atoms. The highest BCUT2D eigenvalue weighted by atomic mass is 35.5. The number of nitrogen functional groups attached to an aromatic ring is 1. The summed E-state index contributed by atoms with van der Waals surface area (Å²) in [6, 6.07) is 1.89.